The highest BCUT2D eigenvalue weighted by Gasteiger charge is 2.52. The summed E-state index contributed by atoms with van der Waals surface area (Å²) in [4.78, 5) is 22.8. The van der Waals surface area contributed by atoms with E-state index < -0.39 is 0 Å². The SMILES string of the molecule is CCCN(C(=O)c1cnccn1)[C@H]1C[C@H](OCC)C1(C)C. The van der Waals surface area contributed by atoms with Gasteiger partial charge in [0, 0.05) is 37.0 Å². The van der Waals surface area contributed by atoms with Crippen LogP contribution >= 0.6 is 0 Å². The van der Waals surface area contributed by atoms with Crippen LogP contribution in [-0.2, 0) is 4.74 Å². The Kier molecular flexibility index (Phi) is 4.93. The lowest BCUT2D eigenvalue weighted by Crippen LogP contribution is -2.63. The molecule has 1 aromatic rings. The maximum atomic E-state index is 12.7. The van der Waals surface area contributed by atoms with Gasteiger partial charge in [0.2, 0.25) is 0 Å². The first kappa shape index (κ1) is 15.9. The van der Waals surface area contributed by atoms with Crippen LogP contribution in [0, 0.1) is 5.41 Å². The number of amides is 1. The van der Waals surface area contributed by atoms with Crippen molar-refractivity contribution in [3.63, 3.8) is 0 Å². The zero-order chi connectivity index (χ0) is 15.5. The van der Waals surface area contributed by atoms with Crippen LogP contribution in [0.4, 0.5) is 0 Å². The third kappa shape index (κ3) is 3.07. The molecule has 1 amide bonds. The van der Waals surface area contributed by atoms with Gasteiger partial charge in [-0.2, -0.15) is 0 Å². The molecule has 0 aromatic carbocycles. The first-order valence-electron chi connectivity index (χ1n) is 7.70. The molecule has 0 aliphatic heterocycles. The fraction of sp³-hybridized carbons (Fsp3) is 0.688. The van der Waals surface area contributed by atoms with Gasteiger partial charge in [-0.05, 0) is 19.8 Å². The maximum Gasteiger partial charge on any atom is 0.274 e. The summed E-state index contributed by atoms with van der Waals surface area (Å²) in [6, 6.07) is 0.198. The lowest BCUT2D eigenvalue weighted by atomic mass is 9.63. The van der Waals surface area contributed by atoms with E-state index in [4.69, 9.17) is 4.74 Å². The number of hydrogen-bond acceptors (Lipinski definition) is 4. The average molecular weight is 291 g/mol. The molecule has 0 bridgehead atoms. The summed E-state index contributed by atoms with van der Waals surface area (Å²) in [5, 5.41) is 0. The van der Waals surface area contributed by atoms with Crippen LogP contribution < -0.4 is 0 Å². The smallest absolute Gasteiger partial charge is 0.274 e. The predicted octanol–water partition coefficient (Wildman–Crippen LogP) is 2.53. The molecule has 5 heteroatoms. The van der Waals surface area contributed by atoms with Gasteiger partial charge in [0.05, 0.1) is 12.3 Å². The van der Waals surface area contributed by atoms with Crippen LogP contribution in [0.2, 0.25) is 0 Å². The van der Waals surface area contributed by atoms with E-state index >= 15 is 0 Å². The first-order valence-corrected chi connectivity index (χ1v) is 7.70. The van der Waals surface area contributed by atoms with Crippen LogP contribution in [0.3, 0.4) is 0 Å². The fourth-order valence-corrected chi connectivity index (χ4v) is 3.07. The maximum absolute atomic E-state index is 12.7. The number of aromatic nitrogens is 2. The van der Waals surface area contributed by atoms with E-state index in [1.165, 1.54) is 6.20 Å². The molecule has 1 aliphatic rings. The van der Waals surface area contributed by atoms with Crippen molar-refractivity contribution in [1.82, 2.24) is 14.9 Å². The molecule has 0 radical (unpaired) electrons. The van der Waals surface area contributed by atoms with E-state index in [9.17, 15) is 4.79 Å². The number of rotatable bonds is 6. The Hall–Kier alpha value is -1.49. The van der Waals surface area contributed by atoms with E-state index in [0.29, 0.717) is 12.3 Å². The second-order valence-corrected chi connectivity index (χ2v) is 6.11. The van der Waals surface area contributed by atoms with E-state index in [-0.39, 0.29) is 23.5 Å². The van der Waals surface area contributed by atoms with Crippen molar-refractivity contribution >= 4 is 5.91 Å². The third-order valence-electron chi connectivity index (χ3n) is 4.38. The molecular formula is C16H25N3O2. The topological polar surface area (TPSA) is 55.3 Å². The molecule has 116 valence electrons. The molecule has 0 N–H and O–H groups in total. The van der Waals surface area contributed by atoms with Crippen molar-refractivity contribution in [2.24, 2.45) is 5.41 Å². The van der Waals surface area contributed by atoms with Gasteiger partial charge in [-0.1, -0.05) is 20.8 Å². The average Bonchev–Trinajstić information content (AvgIpc) is 2.49. The normalized spacial score (nSPS) is 23.4. The minimum absolute atomic E-state index is 0.0248. The largest absolute Gasteiger partial charge is 0.378 e. The highest BCUT2D eigenvalue weighted by Crippen LogP contribution is 2.46. The molecule has 21 heavy (non-hydrogen) atoms. The van der Waals surface area contributed by atoms with E-state index in [2.05, 4.69) is 30.7 Å². The highest BCUT2D eigenvalue weighted by atomic mass is 16.5. The zero-order valence-electron chi connectivity index (χ0n) is 13.4. The lowest BCUT2D eigenvalue weighted by Gasteiger charge is -2.55. The molecule has 1 heterocycles. The number of carbonyl (C=O) groups is 1. The molecule has 1 aliphatic carbocycles. The standard InChI is InChI=1S/C16H25N3O2/c1-5-9-19(15(20)12-11-17-7-8-18-12)13-10-14(21-6-2)16(13,3)4/h7-8,11,13-14H,5-6,9-10H2,1-4H3/t13-,14-/m0/s1. The van der Waals surface area contributed by atoms with Crippen molar-refractivity contribution in [3.05, 3.63) is 24.3 Å². The monoisotopic (exact) mass is 291 g/mol. The van der Waals surface area contributed by atoms with E-state index in [0.717, 1.165) is 19.4 Å². The Morgan fingerprint density at radius 1 is 1.43 bits per heavy atom. The van der Waals surface area contributed by atoms with Crippen LogP contribution in [0.15, 0.2) is 18.6 Å². The van der Waals surface area contributed by atoms with Crippen molar-refractivity contribution in [3.8, 4) is 0 Å². The minimum Gasteiger partial charge on any atom is -0.378 e. The van der Waals surface area contributed by atoms with Crippen LogP contribution in [0.5, 0.6) is 0 Å². The van der Waals surface area contributed by atoms with Crippen molar-refractivity contribution < 1.29 is 9.53 Å². The van der Waals surface area contributed by atoms with Gasteiger partial charge in [-0.25, -0.2) is 4.98 Å². The summed E-state index contributed by atoms with van der Waals surface area (Å²) in [5.41, 5.74) is 0.393. The summed E-state index contributed by atoms with van der Waals surface area (Å²) in [6.45, 7) is 9.90. The quantitative estimate of drug-likeness (QED) is 0.808. The van der Waals surface area contributed by atoms with Crippen LogP contribution in [0.25, 0.3) is 0 Å². The molecule has 0 unspecified atom stereocenters. The van der Waals surface area contributed by atoms with Gasteiger partial charge < -0.3 is 9.64 Å². The van der Waals surface area contributed by atoms with Crippen molar-refractivity contribution in [1.29, 1.82) is 0 Å². The van der Waals surface area contributed by atoms with Crippen molar-refractivity contribution in [2.75, 3.05) is 13.2 Å². The highest BCUT2D eigenvalue weighted by molar-refractivity contribution is 5.92. The molecule has 2 rings (SSSR count). The Morgan fingerprint density at radius 3 is 2.71 bits per heavy atom. The summed E-state index contributed by atoms with van der Waals surface area (Å²) in [7, 11) is 0. The summed E-state index contributed by atoms with van der Waals surface area (Å²) in [6.07, 6.45) is 6.73. The van der Waals surface area contributed by atoms with Gasteiger partial charge in [0.1, 0.15) is 5.69 Å². The van der Waals surface area contributed by atoms with Gasteiger partial charge in [-0.3, -0.25) is 9.78 Å². The fourth-order valence-electron chi connectivity index (χ4n) is 3.07. The number of nitrogens with zero attached hydrogens (tertiary/aromatic N) is 3. The Balaban J connectivity index is 2.15. The first-order chi connectivity index (χ1) is 10.0. The second kappa shape index (κ2) is 6.52. The lowest BCUT2D eigenvalue weighted by molar-refractivity contribution is -0.140. The molecule has 5 nitrogen and oxygen atoms in total. The van der Waals surface area contributed by atoms with Gasteiger partial charge in [0.15, 0.2) is 0 Å². The molecule has 1 aromatic heterocycles. The summed E-state index contributed by atoms with van der Waals surface area (Å²) < 4.78 is 5.77. The summed E-state index contributed by atoms with van der Waals surface area (Å²) in [5.74, 6) is -0.0297. The van der Waals surface area contributed by atoms with Gasteiger partial charge in [0.25, 0.3) is 5.91 Å². The van der Waals surface area contributed by atoms with E-state index in [1.54, 1.807) is 12.4 Å². The third-order valence-corrected chi connectivity index (χ3v) is 4.38. The van der Waals surface area contributed by atoms with E-state index in [1.807, 2.05) is 11.8 Å². The number of ether oxygens (including phenoxy) is 1. The molecule has 1 fully saturated rings. The number of hydrogen-bond donors (Lipinski definition) is 0. The molecular weight excluding hydrogens is 266 g/mol. The second-order valence-electron chi connectivity index (χ2n) is 6.11. The number of carbonyl (C=O) groups excluding carboxylic acids is 1. The van der Waals surface area contributed by atoms with Crippen LogP contribution in [-0.4, -0.2) is 46.1 Å². The Bertz CT molecular complexity index is 476. The molecule has 2 atom stereocenters. The molecule has 0 spiro atoms. The minimum atomic E-state index is -0.0297. The van der Waals surface area contributed by atoms with Gasteiger partial charge >= 0.3 is 0 Å². The summed E-state index contributed by atoms with van der Waals surface area (Å²) >= 11 is 0. The Labute approximate surface area is 126 Å². The zero-order valence-corrected chi connectivity index (χ0v) is 13.4. The van der Waals surface area contributed by atoms with Crippen molar-refractivity contribution in [2.45, 2.75) is 52.7 Å². The molecule has 1 saturated carbocycles. The Morgan fingerprint density at radius 2 is 2.19 bits per heavy atom. The molecule has 0 saturated heterocycles. The predicted molar refractivity (Wildman–Crippen MR) is 81.0 cm³/mol. The van der Waals surface area contributed by atoms with Crippen LogP contribution in [0.1, 0.15) is 51.0 Å². The van der Waals surface area contributed by atoms with Gasteiger partial charge in [-0.15, -0.1) is 0 Å².